The molecule has 0 aromatic heterocycles. The first kappa shape index (κ1) is 12.2. The molecule has 13 heavy (non-hydrogen) atoms. The Labute approximate surface area is 77.1 Å². The standard InChI is InChI=1S/C7H17N3O3/c1-5(7(8)10-13)2-9-3-6(12)4-11/h5-6,9,11-13H,2-4H2,1H3,(H2,8,10). The third-order valence-electron chi connectivity index (χ3n) is 1.66. The van der Waals surface area contributed by atoms with E-state index < -0.39 is 6.10 Å². The van der Waals surface area contributed by atoms with Crippen LogP contribution in [-0.2, 0) is 0 Å². The lowest BCUT2D eigenvalue weighted by molar-refractivity contribution is 0.0942. The Bertz CT molecular complexity index is 163. The molecule has 0 fully saturated rings. The van der Waals surface area contributed by atoms with Crippen molar-refractivity contribution in [3.8, 4) is 0 Å². The van der Waals surface area contributed by atoms with Crippen LogP contribution in [0, 0.1) is 5.92 Å². The van der Waals surface area contributed by atoms with E-state index in [1.165, 1.54) is 0 Å². The van der Waals surface area contributed by atoms with Crippen molar-refractivity contribution in [2.75, 3.05) is 19.7 Å². The molecule has 2 atom stereocenters. The minimum atomic E-state index is -0.764. The summed E-state index contributed by atoms with van der Waals surface area (Å²) in [4.78, 5) is 0. The van der Waals surface area contributed by atoms with Gasteiger partial charge in [0.15, 0.2) is 0 Å². The van der Waals surface area contributed by atoms with Crippen LogP contribution >= 0.6 is 0 Å². The van der Waals surface area contributed by atoms with E-state index in [2.05, 4.69) is 10.5 Å². The van der Waals surface area contributed by atoms with Crippen molar-refractivity contribution >= 4 is 5.84 Å². The van der Waals surface area contributed by atoms with Crippen LogP contribution in [0.25, 0.3) is 0 Å². The van der Waals surface area contributed by atoms with Crippen molar-refractivity contribution in [2.45, 2.75) is 13.0 Å². The Kier molecular flexibility index (Phi) is 6.21. The number of hydrogen-bond acceptors (Lipinski definition) is 5. The Morgan fingerprint density at radius 3 is 2.62 bits per heavy atom. The third kappa shape index (κ3) is 5.40. The van der Waals surface area contributed by atoms with Crippen molar-refractivity contribution in [1.82, 2.24) is 5.32 Å². The van der Waals surface area contributed by atoms with E-state index in [0.717, 1.165) is 0 Å². The highest BCUT2D eigenvalue weighted by Gasteiger charge is 2.07. The summed E-state index contributed by atoms with van der Waals surface area (Å²) in [5.41, 5.74) is 5.31. The van der Waals surface area contributed by atoms with Crippen molar-refractivity contribution in [2.24, 2.45) is 16.8 Å². The maximum atomic E-state index is 8.94. The molecule has 6 nitrogen and oxygen atoms in total. The fourth-order valence-electron chi connectivity index (χ4n) is 0.734. The molecule has 78 valence electrons. The van der Waals surface area contributed by atoms with Crippen molar-refractivity contribution < 1.29 is 15.4 Å². The molecule has 0 bridgehead atoms. The van der Waals surface area contributed by atoms with Crippen LogP contribution < -0.4 is 11.1 Å². The summed E-state index contributed by atoms with van der Waals surface area (Å²) >= 11 is 0. The molecule has 0 aromatic rings. The van der Waals surface area contributed by atoms with E-state index in [1.807, 2.05) is 0 Å². The number of rotatable bonds is 6. The maximum absolute atomic E-state index is 8.94. The average Bonchev–Trinajstić information content (AvgIpc) is 2.15. The van der Waals surface area contributed by atoms with Gasteiger partial charge >= 0.3 is 0 Å². The predicted molar refractivity (Wildman–Crippen MR) is 48.5 cm³/mol. The van der Waals surface area contributed by atoms with Gasteiger partial charge in [-0.05, 0) is 0 Å². The van der Waals surface area contributed by atoms with E-state index in [1.54, 1.807) is 6.92 Å². The van der Waals surface area contributed by atoms with Gasteiger partial charge in [-0.15, -0.1) is 0 Å². The Morgan fingerprint density at radius 2 is 2.15 bits per heavy atom. The van der Waals surface area contributed by atoms with Crippen molar-refractivity contribution in [3.63, 3.8) is 0 Å². The van der Waals surface area contributed by atoms with Crippen molar-refractivity contribution in [1.29, 1.82) is 0 Å². The molecule has 0 aliphatic carbocycles. The number of nitrogens with zero attached hydrogens (tertiary/aromatic N) is 1. The maximum Gasteiger partial charge on any atom is 0.143 e. The second-order valence-electron chi connectivity index (χ2n) is 2.92. The molecule has 0 aliphatic rings. The minimum absolute atomic E-state index is 0.101. The largest absolute Gasteiger partial charge is 0.409 e. The summed E-state index contributed by atoms with van der Waals surface area (Å²) in [7, 11) is 0. The topological polar surface area (TPSA) is 111 Å². The molecule has 0 aliphatic heterocycles. The Hall–Kier alpha value is -0.850. The zero-order chi connectivity index (χ0) is 10.3. The lowest BCUT2D eigenvalue weighted by Gasteiger charge is -2.12. The van der Waals surface area contributed by atoms with Crippen LogP contribution in [0.15, 0.2) is 5.16 Å². The van der Waals surface area contributed by atoms with Gasteiger partial charge in [0, 0.05) is 19.0 Å². The van der Waals surface area contributed by atoms with E-state index in [-0.39, 0.29) is 18.4 Å². The number of hydrogen-bond donors (Lipinski definition) is 5. The number of nitrogens with one attached hydrogen (secondary N) is 1. The molecule has 2 unspecified atom stereocenters. The normalized spacial score (nSPS) is 17.0. The fourth-order valence-corrected chi connectivity index (χ4v) is 0.734. The van der Waals surface area contributed by atoms with Crippen LogP contribution in [0.3, 0.4) is 0 Å². The second-order valence-corrected chi connectivity index (χ2v) is 2.92. The summed E-state index contributed by atoms with van der Waals surface area (Å²) in [5.74, 6) is 0.0434. The summed E-state index contributed by atoms with van der Waals surface area (Å²) < 4.78 is 0. The van der Waals surface area contributed by atoms with Crippen LogP contribution in [0.1, 0.15) is 6.92 Å². The summed E-state index contributed by atoms with van der Waals surface area (Å²) in [5, 5.41) is 31.4. The first-order chi connectivity index (χ1) is 6.11. The Morgan fingerprint density at radius 1 is 1.54 bits per heavy atom. The van der Waals surface area contributed by atoms with Gasteiger partial charge < -0.3 is 26.5 Å². The van der Waals surface area contributed by atoms with E-state index in [0.29, 0.717) is 13.1 Å². The molecular formula is C7H17N3O3. The van der Waals surface area contributed by atoms with Crippen molar-refractivity contribution in [3.05, 3.63) is 0 Å². The van der Waals surface area contributed by atoms with Gasteiger partial charge in [0.25, 0.3) is 0 Å². The zero-order valence-corrected chi connectivity index (χ0v) is 7.64. The predicted octanol–water partition coefficient (Wildman–Crippen LogP) is -1.69. The molecular weight excluding hydrogens is 174 g/mol. The van der Waals surface area contributed by atoms with Crippen LogP contribution in [0.5, 0.6) is 0 Å². The summed E-state index contributed by atoms with van der Waals surface area (Å²) in [6, 6.07) is 0. The molecule has 0 heterocycles. The average molecular weight is 191 g/mol. The van der Waals surface area contributed by atoms with Crippen LogP contribution in [0.4, 0.5) is 0 Å². The smallest absolute Gasteiger partial charge is 0.143 e. The molecule has 0 amide bonds. The molecule has 0 radical (unpaired) electrons. The highest BCUT2D eigenvalue weighted by molar-refractivity contribution is 5.82. The molecule has 0 rings (SSSR count). The number of amidine groups is 1. The van der Waals surface area contributed by atoms with Gasteiger partial charge in [-0.1, -0.05) is 12.1 Å². The number of aliphatic hydroxyl groups is 2. The quantitative estimate of drug-likeness (QED) is 0.149. The molecule has 0 aromatic carbocycles. The molecule has 0 spiro atoms. The minimum Gasteiger partial charge on any atom is -0.409 e. The van der Waals surface area contributed by atoms with E-state index in [9.17, 15) is 0 Å². The lowest BCUT2D eigenvalue weighted by atomic mass is 10.1. The van der Waals surface area contributed by atoms with E-state index in [4.69, 9.17) is 21.2 Å². The number of aliphatic hydroxyl groups excluding tert-OH is 2. The number of nitrogens with two attached hydrogens (primary N) is 1. The Balaban J connectivity index is 3.53. The number of oxime groups is 1. The monoisotopic (exact) mass is 191 g/mol. The summed E-state index contributed by atoms with van der Waals surface area (Å²) in [6.45, 7) is 2.30. The highest BCUT2D eigenvalue weighted by Crippen LogP contribution is 1.91. The second kappa shape index (κ2) is 6.64. The lowest BCUT2D eigenvalue weighted by Crippen LogP contribution is -2.36. The van der Waals surface area contributed by atoms with Crippen LogP contribution in [0.2, 0.25) is 0 Å². The first-order valence-electron chi connectivity index (χ1n) is 4.08. The third-order valence-corrected chi connectivity index (χ3v) is 1.66. The molecule has 6 heteroatoms. The van der Waals surface area contributed by atoms with Crippen LogP contribution in [-0.4, -0.2) is 47.1 Å². The van der Waals surface area contributed by atoms with Gasteiger partial charge in [-0.25, -0.2) is 0 Å². The molecule has 0 saturated heterocycles. The fraction of sp³-hybridized carbons (Fsp3) is 0.857. The molecule has 0 saturated carbocycles. The SMILES string of the molecule is CC(CNCC(O)CO)C(N)=NO. The van der Waals surface area contributed by atoms with Gasteiger partial charge in [0.05, 0.1) is 12.7 Å². The highest BCUT2D eigenvalue weighted by atomic mass is 16.4. The zero-order valence-electron chi connectivity index (χ0n) is 7.64. The van der Waals surface area contributed by atoms with E-state index >= 15 is 0 Å². The summed E-state index contributed by atoms with van der Waals surface area (Å²) in [6.07, 6.45) is -0.764. The van der Waals surface area contributed by atoms with Gasteiger partial charge in [-0.2, -0.15) is 0 Å². The van der Waals surface area contributed by atoms with Gasteiger partial charge in [0.2, 0.25) is 0 Å². The van der Waals surface area contributed by atoms with Gasteiger partial charge in [0.1, 0.15) is 5.84 Å². The first-order valence-corrected chi connectivity index (χ1v) is 4.08. The molecule has 6 N–H and O–H groups in total. The van der Waals surface area contributed by atoms with Gasteiger partial charge in [-0.3, -0.25) is 0 Å².